The number of aliphatic hydroxyl groups excluding tert-OH is 5. The van der Waals surface area contributed by atoms with E-state index in [1.54, 1.807) is 70.1 Å². The van der Waals surface area contributed by atoms with Crippen LogP contribution in [0.15, 0.2) is 0 Å². The van der Waals surface area contributed by atoms with Gasteiger partial charge in [-0.1, -0.05) is 0 Å². The van der Waals surface area contributed by atoms with Crippen molar-refractivity contribution in [2.75, 3.05) is 78.6 Å². The molecule has 7 N–H and O–H groups in total. The second-order valence-corrected chi connectivity index (χ2v) is 30.5. The highest BCUT2D eigenvalue weighted by Gasteiger charge is 2.53. The average molecular weight is 1410 g/mol. The van der Waals surface area contributed by atoms with Crippen molar-refractivity contribution in [3.63, 3.8) is 0 Å². The molecule has 8 fully saturated rings. The van der Waals surface area contributed by atoms with Crippen molar-refractivity contribution >= 4 is 30.2 Å². The Labute approximate surface area is 559 Å². The summed E-state index contributed by atoms with van der Waals surface area (Å²) >= 11 is 0. The summed E-state index contributed by atoms with van der Waals surface area (Å²) in [4.78, 5) is 66.4. The predicted molar refractivity (Wildman–Crippen MR) is 337 cm³/mol. The van der Waals surface area contributed by atoms with Crippen LogP contribution in [0.2, 0.25) is 0 Å². The molecule has 8 rings (SSSR count). The first-order valence-corrected chi connectivity index (χ1v) is 33.2. The molecule has 0 aromatic heterocycles. The second-order valence-electron chi connectivity index (χ2n) is 30.5. The number of alkyl halides is 10. The highest BCUT2D eigenvalue weighted by atomic mass is 19.3. The summed E-state index contributed by atoms with van der Waals surface area (Å²) in [5.41, 5.74) is -2.46. The number of halogens is 10. The van der Waals surface area contributed by atoms with Gasteiger partial charge in [-0.15, -0.1) is 0 Å². The van der Waals surface area contributed by atoms with Gasteiger partial charge in [-0.2, -0.15) is 0 Å². The molecule has 22 nitrogen and oxygen atoms in total. The molecule has 32 heteroatoms. The van der Waals surface area contributed by atoms with Crippen molar-refractivity contribution in [2.45, 2.75) is 300 Å². The molecule has 0 bridgehead atoms. The summed E-state index contributed by atoms with van der Waals surface area (Å²) in [5, 5.41) is 52.4. The van der Waals surface area contributed by atoms with E-state index in [-0.39, 0.29) is 75.0 Å². The Morgan fingerprint density at radius 2 is 0.812 bits per heavy atom. The number of nitrogens with one attached hydrogen (secondary N) is 2. The van der Waals surface area contributed by atoms with Gasteiger partial charge in [0, 0.05) is 101 Å². The van der Waals surface area contributed by atoms with Crippen molar-refractivity contribution in [3.05, 3.63) is 0 Å². The van der Waals surface area contributed by atoms with Gasteiger partial charge in [-0.3, -0.25) is 24.4 Å². The van der Waals surface area contributed by atoms with E-state index in [0.717, 1.165) is 35.7 Å². The van der Waals surface area contributed by atoms with Gasteiger partial charge < -0.3 is 64.9 Å². The number of aliphatic hydroxyl groups is 5. The molecule has 8 saturated heterocycles. The zero-order valence-electron chi connectivity index (χ0n) is 59.0. The maximum Gasteiger partial charge on any atom is 0.410 e. The van der Waals surface area contributed by atoms with Crippen LogP contribution in [-0.2, 0) is 23.7 Å². The van der Waals surface area contributed by atoms with Gasteiger partial charge in [0.2, 0.25) is 0 Å². The lowest BCUT2D eigenvalue weighted by molar-refractivity contribution is -0.121. The van der Waals surface area contributed by atoms with Crippen LogP contribution in [0, 0.1) is 0 Å². The Bertz CT molecular complexity index is 2440. The monoisotopic (exact) mass is 1410 g/mol. The third-order valence-electron chi connectivity index (χ3n) is 16.6. The Hall–Kier alpha value is -4.31. The number of likely N-dealkylation sites (tertiary alicyclic amines) is 6. The van der Waals surface area contributed by atoms with Gasteiger partial charge in [0.05, 0.1) is 75.8 Å². The fourth-order valence-electron chi connectivity index (χ4n) is 12.0. The van der Waals surface area contributed by atoms with Crippen molar-refractivity contribution in [1.82, 2.24) is 40.0 Å². The molecule has 9 atom stereocenters. The van der Waals surface area contributed by atoms with Crippen molar-refractivity contribution < 1.29 is 112 Å². The molecule has 0 aliphatic carbocycles. The number of Topliss-reactive ketones (excluding diaryl/α,β-unsaturated/α-hetero) is 1. The van der Waals surface area contributed by atoms with Crippen LogP contribution < -0.4 is 10.6 Å². The van der Waals surface area contributed by atoms with E-state index in [4.69, 9.17) is 29.2 Å². The first-order chi connectivity index (χ1) is 43.5. The number of nitrogens with zero attached hydrogens (tertiary/aromatic N) is 6. The molecule has 8 aliphatic rings. The molecule has 4 unspecified atom stereocenters. The number of hydrogen-bond acceptors (Lipinski definition) is 18. The standard InChI is InChI=1S/C16H28F2N2O3.C11H20F2N2O.C11H19F2NO3.C10H17F2NO3.C10H17NO3.C6H11F2NO/c1-11(21)13-9-16(17,18)10-20(13)12-5-7-19(8-6-12)14(22)23-15(2,3)4;1-8(16)10-6-11(12,13)7-15(10)9-2-4-14-5-3-9;1-7(15)8-5-11(12,13)6-14(8)9(16)17-10(2,3)4;1-9(2,3)16-8(15)13-6-10(11,12)4-7(13)5-14;1-10(2,3)14-9(13)11-6-4-8(12)5-7-11;1-4(10)5-2-6(7,8)3-9-5/h11-13,21H,5-10H2,1-4H3;8-10,14,16H,2-7H2,1H3;7-8,15H,5-6H2,1-4H3;7,14H,4-6H2,1-3H3;4-7H2,1-3H3;4-5,9-10H,2-3H2,1H3/t11?,13-;8?,10-;7?,8-;7-;;4?,5-/m1111.1/s1. The first kappa shape index (κ1) is 85.9. The number of rotatable bonds is 7. The summed E-state index contributed by atoms with van der Waals surface area (Å²) in [6.45, 7) is 28.1. The SMILES string of the molecule is CC(C)(C)OC(=O)N1CC(F)(F)C[C@@H]1CO.CC(C)(C)OC(=O)N1CCC(=O)CC1.CC(O)[C@H]1CC(F)(F)CN1.CC(O)[C@H]1CC(F)(F)CN1C(=O)OC(C)(C)C.CC(O)[C@H]1CC(F)(F)CN1C1CCN(C(=O)OC(C)(C)C)CC1.CC(O)[C@H]1CC(F)(F)CN1C1CCNCC1. The maximum atomic E-state index is 13.7. The Morgan fingerprint density at radius 1 is 0.469 bits per heavy atom. The van der Waals surface area contributed by atoms with Crippen LogP contribution in [0.1, 0.15) is 181 Å². The topological polar surface area (TPSA) is 267 Å². The number of carbonyl (C=O) groups excluding carboxylic acids is 5. The Kier molecular flexibility index (Phi) is 31.2. The van der Waals surface area contributed by atoms with Crippen LogP contribution in [0.25, 0.3) is 0 Å². The van der Waals surface area contributed by atoms with Gasteiger partial charge in [0.15, 0.2) is 0 Å². The summed E-state index contributed by atoms with van der Waals surface area (Å²) in [7, 11) is 0. The molecule has 0 saturated carbocycles. The number of amides is 4. The smallest absolute Gasteiger partial charge is 0.410 e. The number of carbonyl (C=O) groups is 5. The molecule has 0 aromatic rings. The van der Waals surface area contributed by atoms with Crippen LogP contribution in [0.3, 0.4) is 0 Å². The van der Waals surface area contributed by atoms with E-state index in [1.165, 1.54) is 13.8 Å². The predicted octanol–water partition coefficient (Wildman–Crippen LogP) is 8.89. The van der Waals surface area contributed by atoms with E-state index >= 15 is 0 Å². The zero-order chi connectivity index (χ0) is 73.7. The molecule has 96 heavy (non-hydrogen) atoms. The summed E-state index contributed by atoms with van der Waals surface area (Å²) in [5.74, 6) is -13.7. The quantitative estimate of drug-likeness (QED) is 0.0926. The van der Waals surface area contributed by atoms with E-state index in [2.05, 4.69) is 10.6 Å². The molecule has 562 valence electrons. The highest BCUT2D eigenvalue weighted by Crippen LogP contribution is 2.40. The van der Waals surface area contributed by atoms with Gasteiger partial charge in [-0.05, 0) is 150 Å². The number of ether oxygens (including phenoxy) is 4. The molecule has 0 aromatic carbocycles. The molecule has 4 amide bonds. The van der Waals surface area contributed by atoms with E-state index in [1.807, 2.05) is 46.4 Å². The minimum absolute atomic E-state index is 0.0262. The van der Waals surface area contributed by atoms with E-state index in [9.17, 15) is 83.2 Å². The largest absolute Gasteiger partial charge is 0.444 e. The lowest BCUT2D eigenvalue weighted by atomic mass is 10.0. The molecule has 8 aliphatic heterocycles. The van der Waals surface area contributed by atoms with E-state index in [0.29, 0.717) is 51.9 Å². The molecule has 0 spiro atoms. The number of ketones is 1. The van der Waals surface area contributed by atoms with Crippen molar-refractivity contribution in [2.24, 2.45) is 0 Å². The number of hydrogen-bond donors (Lipinski definition) is 7. The van der Waals surface area contributed by atoms with Gasteiger partial charge >= 0.3 is 24.4 Å². The highest BCUT2D eigenvalue weighted by molar-refractivity contribution is 5.81. The number of piperidine rings is 3. The van der Waals surface area contributed by atoms with Gasteiger partial charge in [0.25, 0.3) is 29.6 Å². The fraction of sp³-hybridized carbons (Fsp3) is 0.922. The first-order valence-electron chi connectivity index (χ1n) is 33.2. The zero-order valence-corrected chi connectivity index (χ0v) is 59.0. The molecule has 0 radical (unpaired) electrons. The van der Waals surface area contributed by atoms with Crippen LogP contribution >= 0.6 is 0 Å². The third kappa shape index (κ3) is 30.3. The van der Waals surface area contributed by atoms with Gasteiger partial charge in [-0.25, -0.2) is 63.1 Å². The van der Waals surface area contributed by atoms with Crippen molar-refractivity contribution in [3.8, 4) is 0 Å². The third-order valence-corrected chi connectivity index (χ3v) is 16.6. The van der Waals surface area contributed by atoms with Crippen molar-refractivity contribution in [1.29, 1.82) is 0 Å². The van der Waals surface area contributed by atoms with Crippen LogP contribution in [-0.4, -0.2) is 282 Å². The molecular weight excluding hydrogens is 1290 g/mol. The maximum absolute atomic E-state index is 13.7. The van der Waals surface area contributed by atoms with Crippen LogP contribution in [0.4, 0.5) is 63.1 Å². The molecule has 8 heterocycles. The Morgan fingerprint density at radius 3 is 1.17 bits per heavy atom. The summed E-state index contributed by atoms with van der Waals surface area (Å²) in [6, 6.07) is -2.89. The molecular formula is C64H112F10N8O14. The second kappa shape index (κ2) is 34.8. The summed E-state index contributed by atoms with van der Waals surface area (Å²) < 4.78 is 152. The van der Waals surface area contributed by atoms with E-state index < -0.39 is 145 Å². The van der Waals surface area contributed by atoms with Gasteiger partial charge in [0.1, 0.15) is 28.2 Å². The van der Waals surface area contributed by atoms with Crippen LogP contribution in [0.5, 0.6) is 0 Å². The normalized spacial score (nSPS) is 27.3. The fourth-order valence-corrected chi connectivity index (χ4v) is 12.0. The lowest BCUT2D eigenvalue weighted by Gasteiger charge is -2.40. The minimum atomic E-state index is -2.96. The summed E-state index contributed by atoms with van der Waals surface area (Å²) in [6.07, 6.45) is -3.24. The Balaban J connectivity index is 0.000000305. The minimum Gasteiger partial charge on any atom is -0.444 e. The average Bonchev–Trinajstić information content (AvgIpc) is 1.67. The lowest BCUT2D eigenvalue weighted by Crippen LogP contribution is -2.51.